The van der Waals surface area contributed by atoms with Gasteiger partial charge in [-0.2, -0.15) is 0 Å². The van der Waals surface area contributed by atoms with E-state index in [0.29, 0.717) is 30.2 Å². The minimum absolute atomic E-state index is 0.0392. The number of nitrogens with one attached hydrogen (secondary N) is 2. The zero-order valence-corrected chi connectivity index (χ0v) is 18.3. The molecule has 158 valence electrons. The van der Waals surface area contributed by atoms with Gasteiger partial charge in [-0.15, -0.1) is 0 Å². The average molecular weight is 424 g/mol. The van der Waals surface area contributed by atoms with Gasteiger partial charge in [0.25, 0.3) is 5.56 Å². The lowest BCUT2D eigenvalue weighted by atomic mass is 10.1. The van der Waals surface area contributed by atoms with Crippen molar-refractivity contribution in [2.75, 3.05) is 13.2 Å². The molecule has 0 saturated heterocycles. The molecule has 0 saturated carbocycles. The summed E-state index contributed by atoms with van der Waals surface area (Å²) in [6, 6.07) is 18.2. The molecular formula is C24H29N3O2S. The molecule has 0 amide bonds. The summed E-state index contributed by atoms with van der Waals surface area (Å²) >= 11 is 5.66. The van der Waals surface area contributed by atoms with Crippen LogP contribution in [-0.4, -0.2) is 33.3 Å². The number of fused-ring (bicyclic) bond motifs is 1. The van der Waals surface area contributed by atoms with Crippen LogP contribution in [0, 0.1) is 0 Å². The van der Waals surface area contributed by atoms with Crippen molar-refractivity contribution in [1.29, 1.82) is 0 Å². The van der Waals surface area contributed by atoms with Crippen molar-refractivity contribution in [3.63, 3.8) is 0 Å². The Labute approximate surface area is 182 Å². The number of benzene rings is 2. The predicted octanol–water partition coefficient (Wildman–Crippen LogP) is 3.91. The molecule has 0 radical (unpaired) electrons. The Balaban J connectivity index is 1.82. The van der Waals surface area contributed by atoms with Crippen LogP contribution in [0.1, 0.15) is 43.0 Å². The molecule has 0 fully saturated rings. The molecule has 6 heteroatoms. The molecule has 0 spiro atoms. The van der Waals surface area contributed by atoms with Crippen molar-refractivity contribution < 1.29 is 5.11 Å². The van der Waals surface area contributed by atoms with Gasteiger partial charge in [0.05, 0.1) is 12.6 Å². The van der Waals surface area contributed by atoms with E-state index in [4.69, 9.17) is 12.2 Å². The van der Waals surface area contributed by atoms with Gasteiger partial charge in [-0.3, -0.25) is 4.79 Å². The van der Waals surface area contributed by atoms with Crippen LogP contribution in [0.4, 0.5) is 0 Å². The Morgan fingerprint density at radius 2 is 1.97 bits per heavy atom. The highest BCUT2D eigenvalue weighted by molar-refractivity contribution is 7.80. The van der Waals surface area contributed by atoms with Crippen molar-refractivity contribution >= 4 is 28.2 Å². The summed E-state index contributed by atoms with van der Waals surface area (Å²) in [7, 11) is 0. The number of aliphatic hydroxyl groups is 1. The third-order valence-corrected chi connectivity index (χ3v) is 5.64. The molecule has 3 rings (SSSR count). The van der Waals surface area contributed by atoms with Crippen molar-refractivity contribution in [3.05, 3.63) is 81.6 Å². The number of nitrogens with zero attached hydrogens (tertiary/aromatic N) is 1. The number of aliphatic hydroxyl groups excluding tert-OH is 1. The molecule has 0 bridgehead atoms. The number of aryl methyl sites for hydroxylation is 1. The van der Waals surface area contributed by atoms with E-state index in [1.165, 1.54) is 5.56 Å². The maximum atomic E-state index is 12.7. The standard InChI is InChI=1S/C24H29N3O2S/c1-3-18-10-11-22-20(14-18)15-21(23(29)26-22)16-27(12-7-13-28)24(30)25-17(2)19-8-5-4-6-9-19/h4-6,8-11,14-15,17,28H,3,7,12-13,16H2,1-2H3,(H,25,30)(H,26,29)/t17-/m0/s1. The number of rotatable bonds is 8. The summed E-state index contributed by atoms with van der Waals surface area (Å²) in [5.41, 5.74) is 3.75. The third-order valence-electron chi connectivity index (χ3n) is 5.27. The van der Waals surface area contributed by atoms with E-state index < -0.39 is 0 Å². The quantitative estimate of drug-likeness (QED) is 0.479. The van der Waals surface area contributed by atoms with E-state index >= 15 is 0 Å². The molecule has 2 aromatic carbocycles. The summed E-state index contributed by atoms with van der Waals surface area (Å²) in [5.74, 6) is 0. The first-order valence-corrected chi connectivity index (χ1v) is 10.8. The normalized spacial score (nSPS) is 12.0. The molecule has 3 N–H and O–H groups in total. The molecule has 3 aromatic rings. The molecule has 1 atom stereocenters. The lowest BCUT2D eigenvalue weighted by Crippen LogP contribution is -2.42. The van der Waals surface area contributed by atoms with Crippen LogP contribution >= 0.6 is 12.2 Å². The van der Waals surface area contributed by atoms with E-state index in [0.717, 1.165) is 22.9 Å². The van der Waals surface area contributed by atoms with Crippen LogP contribution in [0.3, 0.4) is 0 Å². The van der Waals surface area contributed by atoms with Crippen molar-refractivity contribution in [3.8, 4) is 0 Å². The van der Waals surface area contributed by atoms with Gasteiger partial charge in [0.15, 0.2) is 5.11 Å². The average Bonchev–Trinajstić information content (AvgIpc) is 2.77. The van der Waals surface area contributed by atoms with Gasteiger partial charge in [0.1, 0.15) is 0 Å². The number of hydrogen-bond acceptors (Lipinski definition) is 3. The number of aromatic amines is 1. The van der Waals surface area contributed by atoms with Gasteiger partial charge in [0, 0.05) is 24.2 Å². The van der Waals surface area contributed by atoms with Crippen LogP contribution in [0.2, 0.25) is 0 Å². The monoisotopic (exact) mass is 423 g/mol. The fourth-order valence-electron chi connectivity index (χ4n) is 3.46. The summed E-state index contributed by atoms with van der Waals surface area (Å²) in [6.45, 7) is 5.19. The summed E-state index contributed by atoms with van der Waals surface area (Å²) in [6.07, 6.45) is 1.52. The smallest absolute Gasteiger partial charge is 0.253 e. The van der Waals surface area contributed by atoms with Gasteiger partial charge in [0.2, 0.25) is 0 Å². The number of aromatic nitrogens is 1. The minimum Gasteiger partial charge on any atom is -0.396 e. The lowest BCUT2D eigenvalue weighted by Gasteiger charge is -2.28. The molecule has 0 unspecified atom stereocenters. The van der Waals surface area contributed by atoms with Gasteiger partial charge >= 0.3 is 0 Å². The Kier molecular flexibility index (Phi) is 7.60. The SMILES string of the molecule is CCc1ccc2[nH]c(=O)c(CN(CCCO)C(=S)N[C@@H](C)c3ccccc3)cc2c1. The van der Waals surface area contributed by atoms with Gasteiger partial charge < -0.3 is 20.3 Å². The number of pyridine rings is 1. The molecular weight excluding hydrogens is 394 g/mol. The fraction of sp³-hybridized carbons (Fsp3) is 0.333. The Hall–Kier alpha value is -2.70. The second-order valence-corrected chi connectivity index (χ2v) is 7.87. The Morgan fingerprint density at radius 3 is 2.67 bits per heavy atom. The van der Waals surface area contributed by atoms with Crippen LogP contribution in [0.15, 0.2) is 59.4 Å². The lowest BCUT2D eigenvalue weighted by molar-refractivity contribution is 0.263. The molecule has 0 aliphatic heterocycles. The molecule has 0 aliphatic rings. The molecule has 1 aromatic heterocycles. The second-order valence-electron chi connectivity index (χ2n) is 7.48. The summed E-state index contributed by atoms with van der Waals surface area (Å²) in [4.78, 5) is 17.6. The fourth-order valence-corrected chi connectivity index (χ4v) is 3.79. The predicted molar refractivity (Wildman–Crippen MR) is 127 cm³/mol. The van der Waals surface area contributed by atoms with E-state index in [1.807, 2.05) is 41.3 Å². The van der Waals surface area contributed by atoms with Crippen LogP contribution in [-0.2, 0) is 13.0 Å². The van der Waals surface area contributed by atoms with Gasteiger partial charge in [-0.05, 0) is 66.7 Å². The highest BCUT2D eigenvalue weighted by Crippen LogP contribution is 2.16. The molecule has 1 heterocycles. The van der Waals surface area contributed by atoms with E-state index in [2.05, 4.69) is 42.3 Å². The van der Waals surface area contributed by atoms with Gasteiger partial charge in [-0.1, -0.05) is 43.3 Å². The molecule has 0 aliphatic carbocycles. The third kappa shape index (κ3) is 5.46. The van der Waals surface area contributed by atoms with Crippen molar-refractivity contribution in [2.45, 2.75) is 39.3 Å². The first kappa shape index (κ1) is 22.0. The highest BCUT2D eigenvalue weighted by atomic mass is 32.1. The molecule has 5 nitrogen and oxygen atoms in total. The van der Waals surface area contributed by atoms with E-state index in [-0.39, 0.29) is 18.2 Å². The molecule has 30 heavy (non-hydrogen) atoms. The van der Waals surface area contributed by atoms with E-state index in [9.17, 15) is 9.90 Å². The van der Waals surface area contributed by atoms with Crippen molar-refractivity contribution in [1.82, 2.24) is 15.2 Å². The van der Waals surface area contributed by atoms with E-state index in [1.54, 1.807) is 0 Å². The number of thiocarbonyl (C=S) groups is 1. The van der Waals surface area contributed by atoms with Crippen LogP contribution in [0.25, 0.3) is 10.9 Å². The number of hydrogen-bond donors (Lipinski definition) is 3. The first-order chi connectivity index (χ1) is 14.5. The maximum absolute atomic E-state index is 12.7. The zero-order valence-electron chi connectivity index (χ0n) is 17.5. The summed E-state index contributed by atoms with van der Waals surface area (Å²) in [5, 5.41) is 14.3. The largest absolute Gasteiger partial charge is 0.396 e. The minimum atomic E-state index is -0.111. The first-order valence-electron chi connectivity index (χ1n) is 10.4. The second kappa shape index (κ2) is 10.4. The van der Waals surface area contributed by atoms with Crippen LogP contribution < -0.4 is 10.9 Å². The summed E-state index contributed by atoms with van der Waals surface area (Å²) < 4.78 is 0. The highest BCUT2D eigenvalue weighted by Gasteiger charge is 2.15. The Bertz CT molecular complexity index is 1050. The topological polar surface area (TPSA) is 68.4 Å². The van der Waals surface area contributed by atoms with Crippen LogP contribution in [0.5, 0.6) is 0 Å². The Morgan fingerprint density at radius 1 is 1.20 bits per heavy atom. The van der Waals surface area contributed by atoms with Gasteiger partial charge in [-0.25, -0.2) is 0 Å². The number of H-pyrrole nitrogens is 1. The van der Waals surface area contributed by atoms with Crippen molar-refractivity contribution in [2.24, 2.45) is 0 Å². The zero-order chi connectivity index (χ0) is 21.5. The maximum Gasteiger partial charge on any atom is 0.253 e.